The number of ether oxygens (including phenoxy) is 1. The van der Waals surface area contributed by atoms with E-state index in [1.54, 1.807) is 0 Å². The Morgan fingerprint density at radius 2 is 2.00 bits per heavy atom. The van der Waals surface area contributed by atoms with Crippen molar-refractivity contribution in [2.24, 2.45) is 5.73 Å². The smallest absolute Gasteiger partial charge is 0.222 e. The summed E-state index contributed by atoms with van der Waals surface area (Å²) in [5.41, 5.74) is 6.62. The van der Waals surface area contributed by atoms with Crippen molar-refractivity contribution in [2.45, 2.75) is 25.8 Å². The molecule has 2 rings (SSSR count). The van der Waals surface area contributed by atoms with Crippen LogP contribution in [-0.4, -0.2) is 30.5 Å². The van der Waals surface area contributed by atoms with Gasteiger partial charge in [0.25, 0.3) is 0 Å². The van der Waals surface area contributed by atoms with Gasteiger partial charge in [-0.25, -0.2) is 0 Å². The van der Waals surface area contributed by atoms with Crippen molar-refractivity contribution < 1.29 is 9.53 Å². The molecule has 0 aromatic heterocycles. The molecule has 98 valence electrons. The van der Waals surface area contributed by atoms with Gasteiger partial charge in [0.2, 0.25) is 5.91 Å². The number of likely N-dealkylation sites (tertiary alicyclic amines) is 1. The van der Waals surface area contributed by atoms with Crippen LogP contribution in [0.15, 0.2) is 24.3 Å². The fourth-order valence-electron chi connectivity index (χ4n) is 2.09. The first kappa shape index (κ1) is 12.9. The number of nitrogens with two attached hydrogens (primary N) is 1. The molecule has 0 radical (unpaired) electrons. The largest absolute Gasteiger partial charge is 0.492 e. The van der Waals surface area contributed by atoms with Crippen LogP contribution in [0.25, 0.3) is 0 Å². The lowest BCUT2D eigenvalue weighted by Crippen LogP contribution is -2.38. The predicted molar refractivity (Wildman–Crippen MR) is 70.3 cm³/mol. The summed E-state index contributed by atoms with van der Waals surface area (Å²) in [5, 5.41) is 0. The second-order valence-corrected chi connectivity index (χ2v) is 4.53. The van der Waals surface area contributed by atoms with Crippen molar-refractivity contribution in [2.75, 3.05) is 19.7 Å². The number of nitrogens with zero attached hydrogens (tertiary/aromatic N) is 1. The van der Waals surface area contributed by atoms with E-state index in [9.17, 15) is 4.79 Å². The van der Waals surface area contributed by atoms with Gasteiger partial charge in [-0.05, 0) is 30.5 Å². The topological polar surface area (TPSA) is 55.6 Å². The Labute approximate surface area is 108 Å². The third-order valence-corrected chi connectivity index (χ3v) is 3.21. The van der Waals surface area contributed by atoms with Crippen molar-refractivity contribution in [1.82, 2.24) is 4.90 Å². The molecule has 0 atom stereocenters. The molecule has 0 aliphatic carbocycles. The summed E-state index contributed by atoms with van der Waals surface area (Å²) in [5.74, 6) is 1.08. The van der Waals surface area contributed by atoms with Crippen molar-refractivity contribution >= 4 is 5.91 Å². The number of piperidine rings is 1. The van der Waals surface area contributed by atoms with Crippen molar-refractivity contribution in [3.05, 3.63) is 29.8 Å². The summed E-state index contributed by atoms with van der Waals surface area (Å²) >= 11 is 0. The normalized spacial score (nSPS) is 15.8. The summed E-state index contributed by atoms with van der Waals surface area (Å²) < 4.78 is 5.62. The van der Waals surface area contributed by atoms with E-state index in [0.29, 0.717) is 26.1 Å². The van der Waals surface area contributed by atoms with Crippen LogP contribution in [0.5, 0.6) is 5.75 Å². The number of amides is 1. The molecule has 1 amide bonds. The molecule has 0 saturated carbocycles. The molecule has 1 heterocycles. The van der Waals surface area contributed by atoms with Crippen LogP contribution < -0.4 is 10.5 Å². The Balaban J connectivity index is 1.75. The predicted octanol–water partition coefficient (Wildman–Crippen LogP) is 1.54. The zero-order valence-electron chi connectivity index (χ0n) is 10.6. The van der Waals surface area contributed by atoms with E-state index >= 15 is 0 Å². The molecule has 0 unspecified atom stereocenters. The summed E-state index contributed by atoms with van der Waals surface area (Å²) in [6.07, 6.45) is 2.82. The maximum Gasteiger partial charge on any atom is 0.222 e. The van der Waals surface area contributed by atoms with Crippen LogP contribution in [-0.2, 0) is 11.3 Å². The van der Waals surface area contributed by atoms with Gasteiger partial charge in [0.1, 0.15) is 12.4 Å². The molecule has 1 aromatic rings. The lowest BCUT2D eigenvalue weighted by molar-refractivity contribution is -0.133. The molecule has 2 N–H and O–H groups in total. The fourth-order valence-corrected chi connectivity index (χ4v) is 2.09. The summed E-state index contributed by atoms with van der Waals surface area (Å²) in [6, 6.07) is 7.75. The minimum Gasteiger partial charge on any atom is -0.492 e. The van der Waals surface area contributed by atoms with Crippen LogP contribution in [0.1, 0.15) is 24.8 Å². The highest BCUT2D eigenvalue weighted by atomic mass is 16.5. The van der Waals surface area contributed by atoms with Gasteiger partial charge >= 0.3 is 0 Å². The number of benzene rings is 1. The first-order chi connectivity index (χ1) is 8.79. The van der Waals surface area contributed by atoms with E-state index in [-0.39, 0.29) is 5.91 Å². The van der Waals surface area contributed by atoms with Crippen LogP contribution in [0.3, 0.4) is 0 Å². The SMILES string of the molecule is NCc1ccc(OCCN2CCCCC2=O)cc1. The van der Waals surface area contributed by atoms with Crippen LogP contribution in [0.4, 0.5) is 0 Å². The van der Waals surface area contributed by atoms with Gasteiger partial charge in [-0.3, -0.25) is 4.79 Å². The van der Waals surface area contributed by atoms with Crippen LogP contribution in [0, 0.1) is 0 Å². The van der Waals surface area contributed by atoms with Gasteiger partial charge in [-0.1, -0.05) is 12.1 Å². The molecule has 1 saturated heterocycles. The molecular formula is C14H20N2O2. The van der Waals surface area contributed by atoms with E-state index in [2.05, 4.69) is 0 Å². The zero-order chi connectivity index (χ0) is 12.8. The van der Waals surface area contributed by atoms with Gasteiger partial charge in [0, 0.05) is 19.5 Å². The van der Waals surface area contributed by atoms with Gasteiger partial charge in [0.15, 0.2) is 0 Å². The highest BCUT2D eigenvalue weighted by molar-refractivity contribution is 5.76. The molecule has 1 aromatic carbocycles. The average Bonchev–Trinajstić information content (AvgIpc) is 2.42. The monoisotopic (exact) mass is 248 g/mol. The van der Waals surface area contributed by atoms with E-state index in [0.717, 1.165) is 30.7 Å². The first-order valence-corrected chi connectivity index (χ1v) is 6.49. The van der Waals surface area contributed by atoms with Gasteiger partial charge in [-0.2, -0.15) is 0 Å². The van der Waals surface area contributed by atoms with E-state index < -0.39 is 0 Å². The lowest BCUT2D eigenvalue weighted by Gasteiger charge is -2.26. The highest BCUT2D eigenvalue weighted by Gasteiger charge is 2.17. The zero-order valence-corrected chi connectivity index (χ0v) is 10.6. The first-order valence-electron chi connectivity index (χ1n) is 6.49. The number of carbonyl (C=O) groups is 1. The van der Waals surface area contributed by atoms with Gasteiger partial charge in [0.05, 0.1) is 6.54 Å². The molecule has 18 heavy (non-hydrogen) atoms. The Bertz CT molecular complexity index is 389. The molecule has 0 spiro atoms. The second kappa shape index (κ2) is 6.40. The Kier molecular flexibility index (Phi) is 4.59. The summed E-state index contributed by atoms with van der Waals surface area (Å²) in [7, 11) is 0. The van der Waals surface area contributed by atoms with Gasteiger partial charge < -0.3 is 15.4 Å². The minimum atomic E-state index is 0.253. The Morgan fingerprint density at radius 1 is 1.22 bits per heavy atom. The molecular weight excluding hydrogens is 228 g/mol. The fraction of sp³-hybridized carbons (Fsp3) is 0.500. The summed E-state index contributed by atoms with van der Waals surface area (Å²) in [6.45, 7) is 2.64. The number of carbonyl (C=O) groups excluding carboxylic acids is 1. The lowest BCUT2D eigenvalue weighted by atomic mass is 10.1. The quantitative estimate of drug-likeness (QED) is 0.860. The Hall–Kier alpha value is -1.55. The van der Waals surface area contributed by atoms with E-state index in [1.807, 2.05) is 29.2 Å². The third kappa shape index (κ3) is 3.47. The number of hydrogen-bond donors (Lipinski definition) is 1. The Morgan fingerprint density at radius 3 is 2.67 bits per heavy atom. The molecule has 4 nitrogen and oxygen atoms in total. The van der Waals surface area contributed by atoms with Crippen molar-refractivity contribution in [3.8, 4) is 5.75 Å². The average molecular weight is 248 g/mol. The highest BCUT2D eigenvalue weighted by Crippen LogP contribution is 2.13. The van der Waals surface area contributed by atoms with Gasteiger partial charge in [-0.15, -0.1) is 0 Å². The molecule has 4 heteroatoms. The second-order valence-electron chi connectivity index (χ2n) is 4.53. The van der Waals surface area contributed by atoms with Crippen LogP contribution in [0.2, 0.25) is 0 Å². The van der Waals surface area contributed by atoms with E-state index in [4.69, 9.17) is 10.5 Å². The maximum atomic E-state index is 11.6. The van der Waals surface area contributed by atoms with Crippen molar-refractivity contribution in [3.63, 3.8) is 0 Å². The summed E-state index contributed by atoms with van der Waals surface area (Å²) in [4.78, 5) is 13.5. The third-order valence-electron chi connectivity index (χ3n) is 3.21. The number of rotatable bonds is 5. The minimum absolute atomic E-state index is 0.253. The van der Waals surface area contributed by atoms with E-state index in [1.165, 1.54) is 0 Å². The standard InChI is InChI=1S/C14H20N2O2/c15-11-12-4-6-13(7-5-12)18-10-9-16-8-2-1-3-14(16)17/h4-7H,1-3,8-11,15H2. The van der Waals surface area contributed by atoms with Crippen molar-refractivity contribution in [1.29, 1.82) is 0 Å². The number of hydrogen-bond acceptors (Lipinski definition) is 3. The maximum absolute atomic E-state index is 11.6. The van der Waals surface area contributed by atoms with Crippen LogP contribution >= 0.6 is 0 Å². The molecule has 1 fully saturated rings. The molecule has 0 bridgehead atoms. The molecule has 1 aliphatic heterocycles. The molecule has 1 aliphatic rings.